The van der Waals surface area contributed by atoms with Crippen molar-refractivity contribution in [1.82, 2.24) is 9.21 Å². The standard InChI is InChI=1S/C20H30N2O4S/c1-2-19(20(23)24)21-12-14-22(15-13-21)27(25,26)18-10-8-17(9-11-18)16-6-4-3-5-7-16/h8-11,16,19H,2-7,12-15H2,1H3,(H,23,24). The summed E-state index contributed by atoms with van der Waals surface area (Å²) < 4.78 is 27.4. The lowest BCUT2D eigenvalue weighted by atomic mass is 9.84. The van der Waals surface area contributed by atoms with Gasteiger partial charge in [-0.05, 0) is 42.9 Å². The lowest BCUT2D eigenvalue weighted by molar-refractivity contribution is -0.143. The second-order valence-corrected chi connectivity index (χ2v) is 9.54. The molecule has 2 fully saturated rings. The normalized spacial score (nSPS) is 21.8. The molecule has 1 aromatic rings. The predicted molar refractivity (Wildman–Crippen MR) is 104 cm³/mol. The summed E-state index contributed by atoms with van der Waals surface area (Å²) in [7, 11) is -3.53. The summed E-state index contributed by atoms with van der Waals surface area (Å²) in [4.78, 5) is 13.5. The van der Waals surface area contributed by atoms with Crippen LogP contribution < -0.4 is 0 Å². The van der Waals surface area contributed by atoms with Crippen LogP contribution in [0.5, 0.6) is 0 Å². The fourth-order valence-electron chi connectivity index (χ4n) is 4.34. The number of piperazine rings is 1. The largest absolute Gasteiger partial charge is 0.480 e. The lowest BCUT2D eigenvalue weighted by Crippen LogP contribution is -2.53. The zero-order valence-corrected chi connectivity index (χ0v) is 16.8. The summed E-state index contributed by atoms with van der Waals surface area (Å²) >= 11 is 0. The molecule has 0 amide bonds. The van der Waals surface area contributed by atoms with Gasteiger partial charge in [0.2, 0.25) is 10.0 Å². The first-order chi connectivity index (χ1) is 12.9. The van der Waals surface area contributed by atoms with Gasteiger partial charge in [-0.15, -0.1) is 0 Å². The number of sulfonamides is 1. The SMILES string of the molecule is CCC(C(=O)O)N1CCN(S(=O)(=O)c2ccc(C3CCCCC3)cc2)CC1. The summed E-state index contributed by atoms with van der Waals surface area (Å²) in [5, 5.41) is 9.29. The maximum Gasteiger partial charge on any atom is 0.320 e. The van der Waals surface area contributed by atoms with Crippen LogP contribution in [0.4, 0.5) is 0 Å². The molecule has 1 aromatic carbocycles. The Morgan fingerprint density at radius 3 is 2.19 bits per heavy atom. The number of carbonyl (C=O) groups is 1. The molecule has 1 unspecified atom stereocenters. The highest BCUT2D eigenvalue weighted by atomic mass is 32.2. The average Bonchev–Trinajstić information content (AvgIpc) is 2.69. The molecule has 7 heteroatoms. The topological polar surface area (TPSA) is 77.9 Å². The molecule has 0 spiro atoms. The van der Waals surface area contributed by atoms with Gasteiger partial charge in [0.05, 0.1) is 4.90 Å². The first-order valence-corrected chi connectivity index (χ1v) is 11.4. The van der Waals surface area contributed by atoms with Crippen LogP contribution in [-0.2, 0) is 14.8 Å². The van der Waals surface area contributed by atoms with Crippen molar-refractivity contribution in [2.75, 3.05) is 26.2 Å². The molecule has 2 aliphatic rings. The molecule has 1 saturated heterocycles. The molecule has 1 heterocycles. The molecule has 1 atom stereocenters. The Morgan fingerprint density at radius 2 is 1.67 bits per heavy atom. The van der Waals surface area contributed by atoms with Gasteiger partial charge in [0, 0.05) is 26.2 Å². The van der Waals surface area contributed by atoms with Crippen LogP contribution in [0.1, 0.15) is 56.9 Å². The Labute approximate surface area is 162 Å². The third-order valence-corrected chi connectivity index (χ3v) is 7.89. The molecule has 6 nitrogen and oxygen atoms in total. The van der Waals surface area contributed by atoms with Crippen molar-refractivity contribution in [2.24, 2.45) is 0 Å². The maximum atomic E-state index is 12.9. The number of carboxylic acids is 1. The molecule has 0 bridgehead atoms. The van der Waals surface area contributed by atoms with E-state index in [1.165, 1.54) is 42.0 Å². The van der Waals surface area contributed by atoms with Crippen molar-refractivity contribution in [1.29, 1.82) is 0 Å². The lowest BCUT2D eigenvalue weighted by Gasteiger charge is -2.36. The van der Waals surface area contributed by atoms with Gasteiger partial charge in [-0.25, -0.2) is 8.42 Å². The van der Waals surface area contributed by atoms with Crippen LogP contribution in [0.2, 0.25) is 0 Å². The van der Waals surface area contributed by atoms with E-state index in [1.807, 2.05) is 24.0 Å². The van der Waals surface area contributed by atoms with E-state index in [0.29, 0.717) is 43.4 Å². The van der Waals surface area contributed by atoms with Gasteiger partial charge in [0.1, 0.15) is 6.04 Å². The van der Waals surface area contributed by atoms with Crippen molar-refractivity contribution in [3.05, 3.63) is 29.8 Å². The molecule has 3 rings (SSSR count). The van der Waals surface area contributed by atoms with E-state index >= 15 is 0 Å². The van der Waals surface area contributed by atoms with Crippen molar-refractivity contribution < 1.29 is 18.3 Å². The van der Waals surface area contributed by atoms with E-state index < -0.39 is 22.0 Å². The number of rotatable bonds is 6. The highest BCUT2D eigenvalue weighted by Crippen LogP contribution is 2.33. The van der Waals surface area contributed by atoms with Crippen molar-refractivity contribution in [3.63, 3.8) is 0 Å². The fourth-order valence-corrected chi connectivity index (χ4v) is 5.76. The molecule has 150 valence electrons. The number of carboxylic acid groups (broad SMARTS) is 1. The Balaban J connectivity index is 1.65. The van der Waals surface area contributed by atoms with Crippen LogP contribution in [0.15, 0.2) is 29.2 Å². The second kappa shape index (κ2) is 8.71. The Morgan fingerprint density at radius 1 is 1.07 bits per heavy atom. The van der Waals surface area contributed by atoms with Gasteiger partial charge in [-0.2, -0.15) is 4.31 Å². The quantitative estimate of drug-likeness (QED) is 0.803. The first kappa shape index (κ1) is 20.3. The molecule has 0 radical (unpaired) electrons. The molecule has 1 aliphatic heterocycles. The average molecular weight is 395 g/mol. The maximum absolute atomic E-state index is 12.9. The van der Waals surface area contributed by atoms with Crippen LogP contribution >= 0.6 is 0 Å². The van der Waals surface area contributed by atoms with Gasteiger partial charge in [-0.1, -0.05) is 38.3 Å². The van der Waals surface area contributed by atoms with Crippen LogP contribution in [0, 0.1) is 0 Å². The molecular formula is C20H30N2O4S. The van der Waals surface area contributed by atoms with E-state index in [2.05, 4.69) is 0 Å². The van der Waals surface area contributed by atoms with Gasteiger partial charge in [0.25, 0.3) is 0 Å². The molecule has 1 saturated carbocycles. The van der Waals surface area contributed by atoms with E-state index in [9.17, 15) is 18.3 Å². The zero-order chi connectivity index (χ0) is 19.4. The molecular weight excluding hydrogens is 364 g/mol. The van der Waals surface area contributed by atoms with Crippen molar-refractivity contribution in [2.45, 2.75) is 62.3 Å². The van der Waals surface area contributed by atoms with Gasteiger partial charge < -0.3 is 5.11 Å². The highest BCUT2D eigenvalue weighted by Gasteiger charge is 2.32. The molecule has 1 N–H and O–H groups in total. The molecule has 0 aromatic heterocycles. The smallest absolute Gasteiger partial charge is 0.320 e. The van der Waals surface area contributed by atoms with Crippen molar-refractivity contribution in [3.8, 4) is 0 Å². The third-order valence-electron chi connectivity index (χ3n) is 5.98. The van der Waals surface area contributed by atoms with E-state index in [1.54, 1.807) is 12.1 Å². The number of hydrogen-bond acceptors (Lipinski definition) is 4. The highest BCUT2D eigenvalue weighted by molar-refractivity contribution is 7.89. The molecule has 27 heavy (non-hydrogen) atoms. The zero-order valence-electron chi connectivity index (χ0n) is 16.0. The van der Waals surface area contributed by atoms with Crippen LogP contribution in [0.25, 0.3) is 0 Å². The van der Waals surface area contributed by atoms with Crippen LogP contribution in [-0.4, -0.2) is 60.9 Å². The minimum absolute atomic E-state index is 0.330. The predicted octanol–water partition coefficient (Wildman–Crippen LogP) is 2.90. The van der Waals surface area contributed by atoms with Gasteiger partial charge in [0.15, 0.2) is 0 Å². The first-order valence-electron chi connectivity index (χ1n) is 10.0. The summed E-state index contributed by atoms with van der Waals surface area (Å²) in [5.41, 5.74) is 1.24. The van der Waals surface area contributed by atoms with E-state index in [4.69, 9.17) is 0 Å². The third kappa shape index (κ3) is 4.52. The summed E-state index contributed by atoms with van der Waals surface area (Å²) in [6.45, 7) is 3.40. The van der Waals surface area contributed by atoms with E-state index in [-0.39, 0.29) is 0 Å². The monoisotopic (exact) mass is 394 g/mol. The minimum Gasteiger partial charge on any atom is -0.480 e. The van der Waals surface area contributed by atoms with Crippen molar-refractivity contribution >= 4 is 16.0 Å². The minimum atomic E-state index is -3.53. The van der Waals surface area contributed by atoms with Gasteiger partial charge in [-0.3, -0.25) is 9.69 Å². The summed E-state index contributed by atoms with van der Waals surface area (Å²) in [5.74, 6) is -0.284. The number of benzene rings is 1. The summed E-state index contributed by atoms with van der Waals surface area (Å²) in [6, 6.07) is 6.87. The van der Waals surface area contributed by atoms with Gasteiger partial charge >= 0.3 is 5.97 Å². The summed E-state index contributed by atoms with van der Waals surface area (Å²) in [6.07, 6.45) is 6.71. The Kier molecular flexibility index (Phi) is 6.55. The fraction of sp³-hybridized carbons (Fsp3) is 0.650. The Hall–Kier alpha value is -1.44. The second-order valence-electron chi connectivity index (χ2n) is 7.61. The number of aliphatic carboxylic acids is 1. The number of hydrogen-bond donors (Lipinski definition) is 1. The number of nitrogens with zero attached hydrogens (tertiary/aromatic N) is 2. The Bertz CT molecular complexity index is 734. The molecule has 1 aliphatic carbocycles. The van der Waals surface area contributed by atoms with E-state index in [0.717, 1.165) is 0 Å². The van der Waals surface area contributed by atoms with Crippen LogP contribution in [0.3, 0.4) is 0 Å².